The van der Waals surface area contributed by atoms with Gasteiger partial charge in [0.15, 0.2) is 0 Å². The van der Waals surface area contributed by atoms with Gasteiger partial charge in [0.1, 0.15) is 11.0 Å². The molecule has 1 fully saturated rings. The molecule has 0 spiro atoms. The monoisotopic (exact) mass is 876 g/mol. The van der Waals surface area contributed by atoms with E-state index in [2.05, 4.69) is 119 Å². The number of nitrogens with zero attached hydrogens (tertiary/aromatic N) is 7. The number of piperidine rings is 1. The number of para-hydroxylation sites is 4. The molecule has 1 N–H and O–H groups in total. The molecule has 0 saturated carbocycles. The van der Waals surface area contributed by atoms with E-state index in [4.69, 9.17) is 15.2 Å². The van der Waals surface area contributed by atoms with Gasteiger partial charge in [-0.05, 0) is 120 Å². The number of hydrogen-bond donors (Lipinski definition) is 1. The van der Waals surface area contributed by atoms with E-state index in [1.807, 2.05) is 106 Å². The molecule has 2 amide bonds. The van der Waals surface area contributed by atoms with Gasteiger partial charge in [-0.15, -0.1) is 10.2 Å². The van der Waals surface area contributed by atoms with E-state index in [0.29, 0.717) is 40.9 Å². The van der Waals surface area contributed by atoms with Crippen molar-refractivity contribution in [2.45, 2.75) is 26.7 Å². The molecule has 2 heterocycles. The first kappa shape index (κ1) is 42.3. The van der Waals surface area contributed by atoms with E-state index in [0.717, 1.165) is 62.1 Å². The van der Waals surface area contributed by atoms with Gasteiger partial charge >= 0.3 is 0 Å². The number of benzene rings is 8. The first-order valence-electron chi connectivity index (χ1n) is 22.3. The molecular formula is C57H48N8O2. The molecule has 1 aliphatic heterocycles. The highest BCUT2D eigenvalue weighted by molar-refractivity contribution is 6.17. The Morgan fingerprint density at radius 1 is 0.507 bits per heavy atom. The van der Waals surface area contributed by atoms with Crippen LogP contribution < -0.4 is 20.0 Å². The van der Waals surface area contributed by atoms with Crippen molar-refractivity contribution in [3.8, 4) is 27.9 Å². The number of anilines is 8. The van der Waals surface area contributed by atoms with Gasteiger partial charge in [-0.1, -0.05) is 111 Å². The number of imide groups is 1. The molecule has 1 aliphatic rings. The summed E-state index contributed by atoms with van der Waals surface area (Å²) in [5, 5.41) is 13.9. The summed E-state index contributed by atoms with van der Waals surface area (Å²) in [4.78, 5) is 38.5. The maximum absolute atomic E-state index is 13.2. The molecular weight excluding hydrogens is 829 g/mol. The van der Waals surface area contributed by atoms with E-state index in [9.17, 15) is 9.59 Å². The summed E-state index contributed by atoms with van der Waals surface area (Å²) in [5.74, 6) is -0.419. The van der Waals surface area contributed by atoms with Crippen molar-refractivity contribution >= 4 is 80.8 Å². The normalized spacial score (nSPS) is 13.4. The van der Waals surface area contributed by atoms with Crippen molar-refractivity contribution in [2.24, 2.45) is 10.4 Å². The highest BCUT2D eigenvalue weighted by atomic mass is 16.2. The number of aromatic nitrogens is 3. The van der Waals surface area contributed by atoms with Crippen LogP contribution in [0, 0.1) is 5.41 Å². The zero-order chi connectivity index (χ0) is 46.1. The minimum atomic E-state index is -0.378. The van der Waals surface area contributed by atoms with Crippen LogP contribution in [0.2, 0.25) is 0 Å². The molecule has 10 heteroatoms. The molecule has 10 nitrogen and oxygen atoms in total. The Morgan fingerprint density at radius 2 is 0.866 bits per heavy atom. The maximum Gasteiger partial charge on any atom is 0.234 e. The number of carbonyl (C=O) groups excluding carboxylic acids is 2. The minimum Gasteiger partial charge on any atom is -0.386 e. The highest BCUT2D eigenvalue weighted by Crippen LogP contribution is 2.49. The van der Waals surface area contributed by atoms with Gasteiger partial charge in [-0.3, -0.25) is 19.5 Å². The molecule has 1 aromatic heterocycles. The second-order valence-corrected chi connectivity index (χ2v) is 17.3. The molecule has 328 valence electrons. The van der Waals surface area contributed by atoms with Gasteiger partial charge in [0.25, 0.3) is 0 Å². The molecule has 0 unspecified atom stereocenters. The van der Waals surface area contributed by atoms with Crippen LogP contribution in [-0.2, 0) is 9.59 Å². The van der Waals surface area contributed by atoms with Crippen LogP contribution >= 0.6 is 0 Å². The number of carbonyl (C=O) groups is 2. The summed E-state index contributed by atoms with van der Waals surface area (Å²) in [5.41, 5.74) is 12.9. The molecule has 9 aromatic rings. The average Bonchev–Trinajstić information content (AvgIpc) is 3.80. The third kappa shape index (κ3) is 8.10. The molecule has 0 radical (unpaired) electrons. The third-order valence-corrected chi connectivity index (χ3v) is 12.2. The zero-order valence-electron chi connectivity index (χ0n) is 37.5. The Hall–Kier alpha value is -8.63. The van der Waals surface area contributed by atoms with Crippen LogP contribution in [0.25, 0.3) is 39.0 Å². The van der Waals surface area contributed by atoms with Crippen LogP contribution in [0.1, 0.15) is 26.7 Å². The smallest absolute Gasteiger partial charge is 0.234 e. The quantitative estimate of drug-likeness (QED) is 0.0964. The Kier molecular flexibility index (Phi) is 11.2. The SMILES string of the molecule is C=Nc1c(NC)c(-c2ccc(N(c3ccccc3)c3ccccc3)cc2)c2nn(-c3ccc(N4C(=O)CC(C)(C)CC4=O)cc3)nc2c1-c1ccc(N(c2ccccc2)c2ccccc2)cc1. The number of aliphatic imine (C=N–C) groups is 1. The second-order valence-electron chi connectivity index (χ2n) is 17.3. The lowest BCUT2D eigenvalue weighted by Crippen LogP contribution is -2.46. The molecule has 0 atom stereocenters. The number of fused-ring (bicyclic) bond motifs is 1. The number of amides is 2. The number of rotatable bonds is 12. The summed E-state index contributed by atoms with van der Waals surface area (Å²) in [6.45, 7) is 8.01. The molecule has 67 heavy (non-hydrogen) atoms. The predicted molar refractivity (Wildman–Crippen MR) is 273 cm³/mol. The fourth-order valence-electron chi connectivity index (χ4n) is 9.15. The third-order valence-electron chi connectivity index (χ3n) is 12.2. The predicted octanol–water partition coefficient (Wildman–Crippen LogP) is 13.7. The van der Waals surface area contributed by atoms with Gasteiger partial charge in [-0.25, -0.2) is 0 Å². The lowest BCUT2D eigenvalue weighted by atomic mass is 9.81. The van der Waals surface area contributed by atoms with Gasteiger partial charge in [-0.2, -0.15) is 4.80 Å². The Morgan fingerprint density at radius 3 is 1.25 bits per heavy atom. The minimum absolute atomic E-state index is 0.210. The van der Waals surface area contributed by atoms with E-state index in [-0.39, 0.29) is 17.2 Å². The Balaban J connectivity index is 1.12. The topological polar surface area (TPSA) is 99.0 Å². The first-order chi connectivity index (χ1) is 32.7. The Bertz CT molecular complexity index is 3130. The van der Waals surface area contributed by atoms with E-state index >= 15 is 0 Å². The fourth-order valence-corrected chi connectivity index (χ4v) is 9.15. The van der Waals surface area contributed by atoms with Crippen molar-refractivity contribution in [2.75, 3.05) is 27.1 Å². The standard InChI is InChI=1S/C57H48N8O2/c1-57(2)37-49(66)64(50(67)38-57)47-33-35-48(36-34-47)65-60-55-51(39-25-29-45(30-26-39)62(41-17-9-5-10-18-41)42-19-11-6-12-20-42)53(58-3)54(59-4)52(56(55)61-65)40-27-31-46(32-28-40)63(43-21-13-7-14-22-43)44-23-15-8-16-24-44/h5-36,59H,3,37-38H2,1-2,4H3. The lowest BCUT2D eigenvalue weighted by molar-refractivity contribution is -0.132. The van der Waals surface area contributed by atoms with Crippen LogP contribution in [0.4, 0.5) is 51.2 Å². The van der Waals surface area contributed by atoms with Crippen LogP contribution in [0.5, 0.6) is 0 Å². The molecule has 0 aliphatic carbocycles. The van der Waals surface area contributed by atoms with Gasteiger partial charge in [0.2, 0.25) is 11.8 Å². The van der Waals surface area contributed by atoms with Crippen molar-refractivity contribution < 1.29 is 9.59 Å². The van der Waals surface area contributed by atoms with Crippen LogP contribution in [0.3, 0.4) is 0 Å². The molecule has 8 aromatic carbocycles. The summed E-state index contributed by atoms with van der Waals surface area (Å²) in [6.07, 6.45) is 0.585. The number of nitrogens with one attached hydrogen (secondary N) is 1. The lowest BCUT2D eigenvalue weighted by Gasteiger charge is -2.34. The van der Waals surface area contributed by atoms with E-state index < -0.39 is 0 Å². The maximum atomic E-state index is 13.2. The first-order valence-corrected chi connectivity index (χ1v) is 22.3. The van der Waals surface area contributed by atoms with Crippen molar-refractivity contribution in [3.05, 3.63) is 194 Å². The van der Waals surface area contributed by atoms with Gasteiger partial charge in [0, 0.05) is 65.1 Å². The molecule has 1 saturated heterocycles. The zero-order valence-corrected chi connectivity index (χ0v) is 37.5. The number of hydrogen-bond acceptors (Lipinski definition) is 8. The van der Waals surface area contributed by atoms with E-state index in [1.165, 1.54) is 4.90 Å². The average molecular weight is 877 g/mol. The second kappa shape index (κ2) is 17.7. The highest BCUT2D eigenvalue weighted by Gasteiger charge is 2.38. The van der Waals surface area contributed by atoms with Crippen molar-refractivity contribution in [1.29, 1.82) is 0 Å². The summed E-state index contributed by atoms with van der Waals surface area (Å²) in [7, 11) is 1.89. The van der Waals surface area contributed by atoms with E-state index in [1.54, 1.807) is 16.9 Å². The molecule has 10 rings (SSSR count). The van der Waals surface area contributed by atoms with Crippen LogP contribution in [0.15, 0.2) is 199 Å². The fraction of sp³-hybridized carbons (Fsp3) is 0.105. The largest absolute Gasteiger partial charge is 0.386 e. The van der Waals surface area contributed by atoms with Gasteiger partial charge in [0.05, 0.1) is 22.7 Å². The molecule has 0 bridgehead atoms. The summed E-state index contributed by atoms with van der Waals surface area (Å²) < 4.78 is 0. The van der Waals surface area contributed by atoms with Crippen molar-refractivity contribution in [1.82, 2.24) is 15.0 Å². The Labute approximate surface area is 390 Å². The summed E-state index contributed by atoms with van der Waals surface area (Å²) >= 11 is 0. The summed E-state index contributed by atoms with van der Waals surface area (Å²) in [6, 6.07) is 65.3. The van der Waals surface area contributed by atoms with Crippen molar-refractivity contribution in [3.63, 3.8) is 0 Å². The van der Waals surface area contributed by atoms with Crippen LogP contribution in [-0.4, -0.2) is 40.6 Å². The van der Waals surface area contributed by atoms with Gasteiger partial charge < -0.3 is 15.1 Å².